The van der Waals surface area contributed by atoms with Gasteiger partial charge in [0.05, 0.1) is 18.2 Å². The van der Waals surface area contributed by atoms with Crippen LogP contribution < -0.4 is 15.2 Å². The van der Waals surface area contributed by atoms with Crippen molar-refractivity contribution in [1.29, 1.82) is 0 Å². The monoisotopic (exact) mass is 353 g/mol. The molecule has 26 heavy (non-hydrogen) atoms. The van der Waals surface area contributed by atoms with Crippen LogP contribution in [0.4, 0.5) is 0 Å². The molecule has 1 aliphatic rings. The number of ether oxygens (including phenoxy) is 3. The van der Waals surface area contributed by atoms with Crippen LogP contribution in [-0.2, 0) is 9.53 Å². The van der Waals surface area contributed by atoms with Gasteiger partial charge >= 0.3 is 5.97 Å². The molecule has 2 aromatic rings. The largest absolute Gasteiger partial charge is 0.484 e. The highest BCUT2D eigenvalue weighted by molar-refractivity contribution is 6.14. The first-order valence-electron chi connectivity index (χ1n) is 7.65. The predicted molar refractivity (Wildman–Crippen MR) is 91.8 cm³/mol. The van der Waals surface area contributed by atoms with Crippen LogP contribution in [0.1, 0.15) is 26.3 Å². The first kappa shape index (κ1) is 17.2. The number of hydrogen-bond acceptors (Lipinski definition) is 6. The van der Waals surface area contributed by atoms with E-state index < -0.39 is 11.9 Å². The van der Waals surface area contributed by atoms with E-state index >= 15 is 0 Å². The van der Waals surface area contributed by atoms with E-state index in [9.17, 15) is 14.4 Å². The Morgan fingerprint density at radius 3 is 2.54 bits per heavy atom. The lowest BCUT2D eigenvalue weighted by Gasteiger charge is -2.04. The number of rotatable bonds is 5. The van der Waals surface area contributed by atoms with E-state index in [0.717, 1.165) is 0 Å². The fraction of sp³-hybridized carbons (Fsp3) is 0.105. The average Bonchev–Trinajstić information content (AvgIpc) is 2.95. The summed E-state index contributed by atoms with van der Waals surface area (Å²) in [6.45, 7) is -0.262. The van der Waals surface area contributed by atoms with Crippen LogP contribution in [0, 0.1) is 0 Å². The summed E-state index contributed by atoms with van der Waals surface area (Å²) in [5.74, 6) is -0.434. The third kappa shape index (κ3) is 3.56. The van der Waals surface area contributed by atoms with Crippen molar-refractivity contribution in [2.75, 3.05) is 13.7 Å². The van der Waals surface area contributed by atoms with Crippen molar-refractivity contribution >= 4 is 23.7 Å². The standard InChI is InChI=1S/C19H15NO6/c1-24-19(23)12-4-2-11(3-5-12)8-16-18(22)14-7-6-13(9-15(14)26-16)25-10-17(20)21/h2-9H,10H2,1H3,(H2,20,21). The van der Waals surface area contributed by atoms with Gasteiger partial charge in [-0.1, -0.05) is 12.1 Å². The van der Waals surface area contributed by atoms with Crippen LogP contribution >= 0.6 is 0 Å². The highest BCUT2D eigenvalue weighted by atomic mass is 16.5. The summed E-state index contributed by atoms with van der Waals surface area (Å²) in [4.78, 5) is 34.6. The Kier molecular flexibility index (Phi) is 4.70. The van der Waals surface area contributed by atoms with Crippen LogP contribution in [0.25, 0.3) is 6.08 Å². The molecule has 1 amide bonds. The second-order valence-corrected chi connectivity index (χ2v) is 5.47. The van der Waals surface area contributed by atoms with Gasteiger partial charge in [-0.15, -0.1) is 0 Å². The normalized spacial score (nSPS) is 13.9. The van der Waals surface area contributed by atoms with Gasteiger partial charge in [0.25, 0.3) is 5.91 Å². The molecule has 0 aromatic heterocycles. The van der Waals surface area contributed by atoms with Gasteiger partial charge in [-0.2, -0.15) is 0 Å². The highest BCUT2D eigenvalue weighted by Gasteiger charge is 2.27. The minimum atomic E-state index is -0.599. The van der Waals surface area contributed by atoms with Gasteiger partial charge in [0.1, 0.15) is 11.5 Å². The Morgan fingerprint density at radius 2 is 1.88 bits per heavy atom. The summed E-state index contributed by atoms with van der Waals surface area (Å²) in [7, 11) is 1.31. The van der Waals surface area contributed by atoms with Crippen molar-refractivity contribution in [2.24, 2.45) is 5.73 Å². The molecular weight excluding hydrogens is 338 g/mol. The number of nitrogens with two attached hydrogens (primary N) is 1. The number of amides is 1. The molecule has 0 bridgehead atoms. The van der Waals surface area contributed by atoms with Gasteiger partial charge in [-0.05, 0) is 35.9 Å². The third-order valence-corrected chi connectivity index (χ3v) is 3.65. The smallest absolute Gasteiger partial charge is 0.337 e. The van der Waals surface area contributed by atoms with Gasteiger partial charge in [-0.3, -0.25) is 9.59 Å². The van der Waals surface area contributed by atoms with Gasteiger partial charge < -0.3 is 19.9 Å². The number of carbonyl (C=O) groups is 3. The van der Waals surface area contributed by atoms with E-state index in [1.165, 1.54) is 13.2 Å². The van der Waals surface area contributed by atoms with Crippen molar-refractivity contribution in [1.82, 2.24) is 0 Å². The van der Waals surface area contributed by atoms with Crippen molar-refractivity contribution < 1.29 is 28.6 Å². The molecule has 2 aromatic carbocycles. The molecule has 7 heteroatoms. The molecule has 0 spiro atoms. The Morgan fingerprint density at radius 1 is 1.15 bits per heavy atom. The first-order valence-corrected chi connectivity index (χ1v) is 7.65. The van der Waals surface area contributed by atoms with Crippen LogP contribution in [0.3, 0.4) is 0 Å². The number of hydrogen-bond donors (Lipinski definition) is 1. The molecule has 0 radical (unpaired) electrons. The van der Waals surface area contributed by atoms with Crippen molar-refractivity contribution in [3.63, 3.8) is 0 Å². The molecule has 0 saturated carbocycles. The number of carbonyl (C=O) groups excluding carboxylic acids is 3. The van der Waals surface area contributed by atoms with E-state index in [0.29, 0.717) is 28.2 Å². The number of allylic oxidation sites excluding steroid dienone is 1. The third-order valence-electron chi connectivity index (χ3n) is 3.65. The molecule has 0 aliphatic carbocycles. The Balaban J connectivity index is 1.79. The zero-order valence-electron chi connectivity index (χ0n) is 13.9. The molecule has 0 unspecified atom stereocenters. The van der Waals surface area contributed by atoms with Crippen LogP contribution in [-0.4, -0.2) is 31.4 Å². The van der Waals surface area contributed by atoms with E-state index in [1.54, 1.807) is 42.5 Å². The summed E-state index contributed by atoms with van der Waals surface area (Å²) in [6.07, 6.45) is 1.58. The Bertz CT molecular complexity index is 914. The fourth-order valence-electron chi connectivity index (χ4n) is 2.40. The van der Waals surface area contributed by atoms with Crippen molar-refractivity contribution in [2.45, 2.75) is 0 Å². The maximum atomic E-state index is 12.4. The van der Waals surface area contributed by atoms with Crippen LogP contribution in [0.15, 0.2) is 48.2 Å². The van der Waals surface area contributed by atoms with E-state index in [4.69, 9.17) is 15.2 Å². The lowest BCUT2D eigenvalue weighted by Crippen LogP contribution is -2.19. The molecule has 0 atom stereocenters. The Labute approximate surface area is 149 Å². The summed E-state index contributed by atoms with van der Waals surface area (Å²) < 4.78 is 15.4. The molecule has 132 valence electrons. The number of benzene rings is 2. The molecular formula is C19H15NO6. The van der Waals surface area contributed by atoms with E-state index in [1.807, 2.05) is 0 Å². The second kappa shape index (κ2) is 7.10. The maximum Gasteiger partial charge on any atom is 0.337 e. The number of methoxy groups -OCH3 is 1. The summed E-state index contributed by atoms with van der Waals surface area (Å²) in [5, 5.41) is 0. The SMILES string of the molecule is COC(=O)c1ccc(C=C2Oc3cc(OCC(N)=O)ccc3C2=O)cc1. The van der Waals surface area contributed by atoms with Crippen molar-refractivity contribution in [3.05, 3.63) is 64.9 Å². The minimum absolute atomic E-state index is 0.151. The van der Waals surface area contributed by atoms with Gasteiger partial charge in [-0.25, -0.2) is 4.79 Å². The molecule has 7 nitrogen and oxygen atoms in total. The van der Waals surface area contributed by atoms with Crippen LogP contribution in [0.5, 0.6) is 11.5 Å². The Hall–Kier alpha value is -3.61. The molecule has 0 fully saturated rings. The number of Topliss-reactive ketones (excluding diaryl/α,β-unsaturated/α-hetero) is 1. The van der Waals surface area contributed by atoms with Gasteiger partial charge in [0.15, 0.2) is 12.4 Å². The number of ketones is 1. The zero-order chi connectivity index (χ0) is 18.7. The summed E-state index contributed by atoms with van der Waals surface area (Å²) in [6, 6.07) is 11.2. The van der Waals surface area contributed by atoms with Crippen LogP contribution in [0.2, 0.25) is 0 Å². The number of fused-ring (bicyclic) bond motifs is 1. The van der Waals surface area contributed by atoms with Gasteiger partial charge in [0, 0.05) is 6.07 Å². The fourth-order valence-corrected chi connectivity index (χ4v) is 2.40. The van der Waals surface area contributed by atoms with E-state index in [2.05, 4.69) is 4.74 Å². The summed E-state index contributed by atoms with van der Waals surface area (Å²) in [5.41, 5.74) is 6.53. The number of primary amides is 1. The van der Waals surface area contributed by atoms with Crippen molar-refractivity contribution in [3.8, 4) is 11.5 Å². The molecule has 3 rings (SSSR count). The molecule has 1 heterocycles. The predicted octanol–water partition coefficient (Wildman–Crippen LogP) is 1.95. The average molecular weight is 353 g/mol. The molecule has 1 aliphatic heterocycles. The lowest BCUT2D eigenvalue weighted by molar-refractivity contribution is -0.119. The topological polar surface area (TPSA) is 105 Å². The molecule has 2 N–H and O–H groups in total. The molecule has 0 saturated heterocycles. The summed E-state index contributed by atoms with van der Waals surface area (Å²) >= 11 is 0. The minimum Gasteiger partial charge on any atom is -0.484 e. The second-order valence-electron chi connectivity index (χ2n) is 5.47. The van der Waals surface area contributed by atoms with Gasteiger partial charge in [0.2, 0.25) is 5.78 Å². The lowest BCUT2D eigenvalue weighted by atomic mass is 10.1. The number of esters is 1. The maximum absolute atomic E-state index is 12.4. The quantitative estimate of drug-likeness (QED) is 0.651. The first-order chi connectivity index (χ1) is 12.5. The zero-order valence-corrected chi connectivity index (χ0v) is 13.9. The highest BCUT2D eigenvalue weighted by Crippen LogP contribution is 2.34. The van der Waals surface area contributed by atoms with E-state index in [-0.39, 0.29) is 18.1 Å².